The first-order chi connectivity index (χ1) is 27.6. The Hall–Kier alpha value is -1.16. The van der Waals surface area contributed by atoms with Gasteiger partial charge in [-0.25, -0.2) is 0 Å². The number of ketones is 1. The lowest BCUT2D eigenvalue weighted by molar-refractivity contribution is -0.122. The Morgan fingerprint density at radius 2 is 0.679 bits per heavy atom. The van der Waals surface area contributed by atoms with Gasteiger partial charge < -0.3 is 10.4 Å². The summed E-state index contributed by atoms with van der Waals surface area (Å²) in [5, 5.41) is 12.8. The maximum atomic E-state index is 12.4. The average Bonchev–Trinajstić information content (AvgIpc) is 3.20. The Morgan fingerprint density at radius 3 is 1.02 bits per heavy atom. The Balaban J connectivity index is 3.38. The van der Waals surface area contributed by atoms with Gasteiger partial charge >= 0.3 is 0 Å². The van der Waals surface area contributed by atoms with Gasteiger partial charge in [-0.15, -0.1) is 0 Å². The minimum Gasteiger partial charge on any atom is -0.394 e. The van der Waals surface area contributed by atoms with Gasteiger partial charge in [0, 0.05) is 19.3 Å². The number of nitrogens with one attached hydrogen (secondary N) is 1. The number of rotatable bonds is 48. The van der Waals surface area contributed by atoms with Gasteiger partial charge in [0.25, 0.3) is 0 Å². The highest BCUT2D eigenvalue weighted by atomic mass is 16.3. The molecule has 0 radical (unpaired) electrons. The molecule has 0 rings (SSSR count). The van der Waals surface area contributed by atoms with Crippen molar-refractivity contribution in [3.63, 3.8) is 0 Å². The number of carbonyl (C=O) groups is 2. The summed E-state index contributed by atoms with van der Waals surface area (Å²) < 4.78 is 0. The Bertz CT molecular complexity index is 810. The smallest absolute Gasteiger partial charge is 0.220 e. The SMILES string of the molecule is CCCCCCCC/C=C\CCCCCCCC(=O)CCCCCCCCCCCCCCCC(=O)N[C@H](CO)CCCCCCCCCCCCCCCC. The number of hydrogen-bond acceptors (Lipinski definition) is 3. The van der Waals surface area contributed by atoms with E-state index in [0.717, 1.165) is 51.4 Å². The summed E-state index contributed by atoms with van der Waals surface area (Å²) in [6, 6.07) is -0.0685. The summed E-state index contributed by atoms with van der Waals surface area (Å²) in [6.07, 6.45) is 60.0. The van der Waals surface area contributed by atoms with Crippen molar-refractivity contribution < 1.29 is 14.7 Å². The van der Waals surface area contributed by atoms with E-state index in [4.69, 9.17) is 0 Å². The second-order valence-corrected chi connectivity index (χ2v) is 17.8. The van der Waals surface area contributed by atoms with E-state index in [9.17, 15) is 14.7 Å². The number of amides is 1. The zero-order valence-corrected chi connectivity index (χ0v) is 38.3. The number of hydrogen-bond donors (Lipinski definition) is 2. The molecule has 4 nitrogen and oxygen atoms in total. The molecule has 0 spiro atoms. The maximum Gasteiger partial charge on any atom is 0.220 e. The number of carbonyl (C=O) groups excluding carboxylic acids is 2. The molecule has 1 amide bonds. The van der Waals surface area contributed by atoms with E-state index in [0.29, 0.717) is 12.2 Å². The van der Waals surface area contributed by atoms with E-state index in [1.165, 1.54) is 225 Å². The van der Waals surface area contributed by atoms with E-state index in [1.807, 2.05) is 0 Å². The number of Topliss-reactive ketones (excluding diaryl/α,β-unsaturated/α-hetero) is 1. The van der Waals surface area contributed by atoms with Crippen LogP contribution in [0.1, 0.15) is 296 Å². The molecule has 332 valence electrons. The molecule has 0 heterocycles. The van der Waals surface area contributed by atoms with Crippen LogP contribution in [-0.2, 0) is 9.59 Å². The molecule has 56 heavy (non-hydrogen) atoms. The Labute approximate surface area is 351 Å². The molecule has 0 aromatic heterocycles. The summed E-state index contributed by atoms with van der Waals surface area (Å²) in [4.78, 5) is 24.6. The number of aliphatic hydroxyl groups excluding tert-OH is 1. The molecule has 0 aliphatic rings. The number of unbranched alkanes of at least 4 members (excludes halogenated alkanes) is 36. The predicted octanol–water partition coefficient (Wildman–Crippen LogP) is 16.8. The zero-order valence-electron chi connectivity index (χ0n) is 38.3. The maximum absolute atomic E-state index is 12.4. The summed E-state index contributed by atoms with van der Waals surface area (Å²) >= 11 is 0. The molecule has 0 aliphatic heterocycles. The van der Waals surface area contributed by atoms with Crippen molar-refractivity contribution in [3.05, 3.63) is 12.2 Å². The van der Waals surface area contributed by atoms with E-state index in [1.54, 1.807) is 0 Å². The molecule has 4 heteroatoms. The molecule has 0 aromatic rings. The topological polar surface area (TPSA) is 66.4 Å². The summed E-state index contributed by atoms with van der Waals surface area (Å²) in [6.45, 7) is 4.62. The minimum atomic E-state index is -0.0685. The monoisotopic (exact) mass is 788 g/mol. The molecule has 0 fully saturated rings. The molecule has 0 saturated heterocycles. The van der Waals surface area contributed by atoms with Crippen LogP contribution in [-0.4, -0.2) is 29.4 Å². The normalized spacial score (nSPS) is 12.2. The average molecular weight is 788 g/mol. The zero-order chi connectivity index (χ0) is 40.7. The van der Waals surface area contributed by atoms with Gasteiger partial charge in [0.05, 0.1) is 12.6 Å². The molecule has 2 N–H and O–H groups in total. The van der Waals surface area contributed by atoms with Crippen LogP contribution in [0.4, 0.5) is 0 Å². The third kappa shape index (κ3) is 45.5. The van der Waals surface area contributed by atoms with Crippen molar-refractivity contribution in [3.8, 4) is 0 Å². The van der Waals surface area contributed by atoms with Gasteiger partial charge in [-0.3, -0.25) is 9.59 Å². The van der Waals surface area contributed by atoms with Crippen molar-refractivity contribution >= 4 is 11.7 Å². The van der Waals surface area contributed by atoms with Crippen LogP contribution in [0.3, 0.4) is 0 Å². The highest BCUT2D eigenvalue weighted by molar-refractivity contribution is 5.78. The molecule has 0 unspecified atom stereocenters. The van der Waals surface area contributed by atoms with Gasteiger partial charge in [-0.2, -0.15) is 0 Å². The van der Waals surface area contributed by atoms with Crippen molar-refractivity contribution in [2.24, 2.45) is 0 Å². The van der Waals surface area contributed by atoms with Crippen molar-refractivity contribution in [2.45, 2.75) is 302 Å². The fourth-order valence-corrected chi connectivity index (χ4v) is 8.16. The van der Waals surface area contributed by atoms with Gasteiger partial charge in [0.1, 0.15) is 5.78 Å². The molecule has 1 atom stereocenters. The fraction of sp³-hybridized carbons (Fsp3) is 0.923. The Morgan fingerprint density at radius 1 is 0.393 bits per heavy atom. The van der Waals surface area contributed by atoms with E-state index >= 15 is 0 Å². The second-order valence-electron chi connectivity index (χ2n) is 17.8. The van der Waals surface area contributed by atoms with Crippen LogP contribution in [0.25, 0.3) is 0 Å². The largest absolute Gasteiger partial charge is 0.394 e. The molecule has 0 bridgehead atoms. The lowest BCUT2D eigenvalue weighted by atomic mass is 10.0. The highest BCUT2D eigenvalue weighted by Gasteiger charge is 2.11. The van der Waals surface area contributed by atoms with Crippen LogP contribution < -0.4 is 5.32 Å². The first kappa shape index (κ1) is 54.8. The summed E-state index contributed by atoms with van der Waals surface area (Å²) in [7, 11) is 0. The third-order valence-corrected chi connectivity index (χ3v) is 12.1. The summed E-state index contributed by atoms with van der Waals surface area (Å²) in [5.74, 6) is 0.613. The van der Waals surface area contributed by atoms with Crippen LogP contribution in [0.5, 0.6) is 0 Å². The first-order valence-electron chi connectivity index (χ1n) is 25.7. The van der Waals surface area contributed by atoms with Crippen molar-refractivity contribution in [1.82, 2.24) is 5.32 Å². The molecular weight excluding hydrogens is 687 g/mol. The summed E-state index contributed by atoms with van der Waals surface area (Å²) in [5.41, 5.74) is 0. The first-order valence-corrected chi connectivity index (χ1v) is 25.7. The van der Waals surface area contributed by atoms with Crippen LogP contribution in [0, 0.1) is 0 Å². The van der Waals surface area contributed by atoms with Gasteiger partial charge in [-0.1, -0.05) is 238 Å². The molecule has 0 aromatic carbocycles. The van der Waals surface area contributed by atoms with Gasteiger partial charge in [0.15, 0.2) is 0 Å². The third-order valence-electron chi connectivity index (χ3n) is 12.1. The lowest BCUT2D eigenvalue weighted by Gasteiger charge is -2.16. The fourth-order valence-electron chi connectivity index (χ4n) is 8.16. The number of aliphatic hydroxyl groups is 1. The molecule has 0 aliphatic carbocycles. The van der Waals surface area contributed by atoms with Gasteiger partial charge in [0.2, 0.25) is 5.91 Å². The van der Waals surface area contributed by atoms with Crippen LogP contribution in [0.2, 0.25) is 0 Å². The van der Waals surface area contributed by atoms with E-state index in [2.05, 4.69) is 31.3 Å². The van der Waals surface area contributed by atoms with Gasteiger partial charge in [-0.05, 0) is 51.4 Å². The lowest BCUT2D eigenvalue weighted by Crippen LogP contribution is -2.37. The quantitative estimate of drug-likeness (QED) is 0.0477. The molecule has 0 saturated carbocycles. The minimum absolute atomic E-state index is 0.0591. The van der Waals surface area contributed by atoms with E-state index in [-0.39, 0.29) is 18.6 Å². The number of allylic oxidation sites excluding steroid dienone is 2. The van der Waals surface area contributed by atoms with E-state index < -0.39 is 0 Å². The predicted molar refractivity (Wildman–Crippen MR) is 248 cm³/mol. The standard InChI is InChI=1S/C52H101NO3/c1-3-5-7-9-11-13-15-17-19-22-26-30-34-38-42-46-51(55)47-43-39-35-31-27-23-20-24-28-32-36-40-44-48-52(56)53-50(49-54)45-41-37-33-29-25-21-18-16-14-12-10-8-6-4-2/h17,19,50,54H,3-16,18,20-49H2,1-2H3,(H,53,56)/b19-17-/t50-/m0/s1. The second kappa shape index (κ2) is 48.2. The van der Waals surface area contributed by atoms with Crippen molar-refractivity contribution in [1.29, 1.82) is 0 Å². The molecular formula is C52H101NO3. The van der Waals surface area contributed by atoms with Crippen LogP contribution in [0.15, 0.2) is 12.2 Å². The van der Waals surface area contributed by atoms with Crippen LogP contribution >= 0.6 is 0 Å². The highest BCUT2D eigenvalue weighted by Crippen LogP contribution is 2.17. The van der Waals surface area contributed by atoms with Crippen molar-refractivity contribution in [2.75, 3.05) is 6.61 Å². The Kier molecular flexibility index (Phi) is 47.2.